The van der Waals surface area contributed by atoms with Crippen molar-refractivity contribution in [1.82, 2.24) is 0 Å². The molecule has 1 aliphatic rings. The molecule has 3 rings (SSSR count). The first-order valence-electron chi connectivity index (χ1n) is 6.85. The van der Waals surface area contributed by atoms with Crippen molar-refractivity contribution in [3.63, 3.8) is 0 Å². The number of carbonyl (C=O) groups excluding carboxylic acids is 1. The number of hydrogen-bond acceptors (Lipinski definition) is 3. The Morgan fingerprint density at radius 2 is 1.90 bits per heavy atom. The predicted octanol–water partition coefficient (Wildman–Crippen LogP) is 3.10. The van der Waals surface area contributed by atoms with E-state index in [0.717, 1.165) is 17.8 Å². The van der Waals surface area contributed by atoms with Crippen molar-refractivity contribution >= 4 is 11.5 Å². The summed E-state index contributed by atoms with van der Waals surface area (Å²) in [5, 5.41) is 12.6. The molecule has 3 nitrogen and oxygen atoms in total. The van der Waals surface area contributed by atoms with Gasteiger partial charge in [0.05, 0.1) is 0 Å². The summed E-state index contributed by atoms with van der Waals surface area (Å²) in [5.74, 6) is 0.741. The topological polar surface area (TPSA) is 49.3 Å². The van der Waals surface area contributed by atoms with Crippen LogP contribution in [0.25, 0.3) is 0 Å². The van der Waals surface area contributed by atoms with Gasteiger partial charge in [0, 0.05) is 31.0 Å². The SMILES string of the molecule is O=C(Cc1ccc(O)cc1)CC1CNc2ccccc21. The molecule has 0 aliphatic carbocycles. The molecule has 0 saturated heterocycles. The van der Waals surface area contributed by atoms with Crippen LogP contribution in [0.4, 0.5) is 5.69 Å². The Morgan fingerprint density at radius 3 is 2.70 bits per heavy atom. The van der Waals surface area contributed by atoms with Gasteiger partial charge in [0.2, 0.25) is 0 Å². The molecular weight excluding hydrogens is 250 g/mol. The van der Waals surface area contributed by atoms with E-state index in [9.17, 15) is 9.90 Å². The molecule has 0 amide bonds. The lowest BCUT2D eigenvalue weighted by Crippen LogP contribution is -2.11. The van der Waals surface area contributed by atoms with E-state index in [4.69, 9.17) is 0 Å². The van der Waals surface area contributed by atoms with Crippen LogP contribution in [0.3, 0.4) is 0 Å². The molecule has 0 saturated carbocycles. The zero-order valence-electron chi connectivity index (χ0n) is 11.2. The van der Waals surface area contributed by atoms with Crippen LogP contribution in [0, 0.1) is 0 Å². The fraction of sp³-hybridized carbons (Fsp3) is 0.235. The Labute approximate surface area is 118 Å². The highest BCUT2D eigenvalue weighted by Crippen LogP contribution is 2.33. The van der Waals surface area contributed by atoms with Crippen LogP contribution in [0.5, 0.6) is 5.75 Å². The van der Waals surface area contributed by atoms with E-state index in [-0.39, 0.29) is 17.5 Å². The monoisotopic (exact) mass is 267 g/mol. The second kappa shape index (κ2) is 5.37. The van der Waals surface area contributed by atoms with E-state index in [2.05, 4.69) is 17.4 Å². The van der Waals surface area contributed by atoms with Gasteiger partial charge in [-0.3, -0.25) is 4.79 Å². The number of carbonyl (C=O) groups is 1. The van der Waals surface area contributed by atoms with Crippen molar-refractivity contribution in [1.29, 1.82) is 0 Å². The average Bonchev–Trinajstić information content (AvgIpc) is 2.85. The van der Waals surface area contributed by atoms with Crippen molar-refractivity contribution in [2.45, 2.75) is 18.8 Å². The lowest BCUT2D eigenvalue weighted by Gasteiger charge is -2.09. The first kappa shape index (κ1) is 12.7. The maximum Gasteiger partial charge on any atom is 0.137 e. The van der Waals surface area contributed by atoms with Crippen LogP contribution in [0.15, 0.2) is 48.5 Å². The standard InChI is InChI=1S/C17H17NO2/c19-14-7-5-12(6-8-14)9-15(20)10-13-11-18-17-4-2-1-3-16(13)17/h1-8,13,18-19H,9-11H2. The average molecular weight is 267 g/mol. The van der Waals surface area contributed by atoms with Gasteiger partial charge in [-0.05, 0) is 29.3 Å². The number of rotatable bonds is 4. The van der Waals surface area contributed by atoms with E-state index < -0.39 is 0 Å². The maximum absolute atomic E-state index is 12.2. The smallest absolute Gasteiger partial charge is 0.137 e. The van der Waals surface area contributed by atoms with Gasteiger partial charge in [-0.1, -0.05) is 30.3 Å². The molecule has 102 valence electrons. The minimum absolute atomic E-state index is 0.232. The zero-order chi connectivity index (χ0) is 13.9. The van der Waals surface area contributed by atoms with E-state index in [0.29, 0.717) is 12.8 Å². The number of fused-ring (bicyclic) bond motifs is 1. The summed E-state index contributed by atoms with van der Waals surface area (Å²) in [6.07, 6.45) is 0.990. The molecular formula is C17H17NO2. The lowest BCUT2D eigenvalue weighted by molar-refractivity contribution is -0.118. The summed E-state index contributed by atoms with van der Waals surface area (Å²) in [4.78, 5) is 12.2. The van der Waals surface area contributed by atoms with Gasteiger partial charge in [0.1, 0.15) is 11.5 Å². The number of anilines is 1. The first-order chi connectivity index (χ1) is 9.72. The molecule has 0 spiro atoms. The Bertz CT molecular complexity index is 619. The molecule has 1 heterocycles. The van der Waals surface area contributed by atoms with Crippen LogP contribution < -0.4 is 5.32 Å². The molecule has 0 aromatic heterocycles. The normalized spacial score (nSPS) is 16.5. The minimum atomic E-state index is 0.232. The number of ketones is 1. The first-order valence-corrected chi connectivity index (χ1v) is 6.85. The number of Topliss-reactive ketones (excluding diaryl/α,β-unsaturated/α-hetero) is 1. The lowest BCUT2D eigenvalue weighted by atomic mass is 9.93. The van der Waals surface area contributed by atoms with Crippen LogP contribution >= 0.6 is 0 Å². The number of aromatic hydroxyl groups is 1. The van der Waals surface area contributed by atoms with Crippen molar-refractivity contribution in [2.75, 3.05) is 11.9 Å². The van der Waals surface area contributed by atoms with E-state index >= 15 is 0 Å². The fourth-order valence-corrected chi connectivity index (χ4v) is 2.73. The fourth-order valence-electron chi connectivity index (χ4n) is 2.73. The van der Waals surface area contributed by atoms with Gasteiger partial charge < -0.3 is 10.4 Å². The third-order valence-corrected chi connectivity index (χ3v) is 3.75. The summed E-state index contributed by atoms with van der Waals surface area (Å²) in [6, 6.07) is 15.0. The molecule has 20 heavy (non-hydrogen) atoms. The number of para-hydroxylation sites is 1. The van der Waals surface area contributed by atoms with Gasteiger partial charge in [-0.25, -0.2) is 0 Å². The molecule has 3 heteroatoms. The molecule has 0 radical (unpaired) electrons. The van der Waals surface area contributed by atoms with Gasteiger partial charge in [0.15, 0.2) is 0 Å². The second-order valence-corrected chi connectivity index (χ2v) is 5.25. The Kier molecular flexibility index (Phi) is 3.42. The Morgan fingerprint density at radius 1 is 1.15 bits per heavy atom. The summed E-state index contributed by atoms with van der Waals surface area (Å²) < 4.78 is 0. The van der Waals surface area contributed by atoms with Gasteiger partial charge >= 0.3 is 0 Å². The Hall–Kier alpha value is -2.29. The molecule has 1 aliphatic heterocycles. The molecule has 2 aromatic carbocycles. The number of benzene rings is 2. The number of hydrogen-bond donors (Lipinski definition) is 2. The van der Waals surface area contributed by atoms with Gasteiger partial charge in [-0.15, -0.1) is 0 Å². The quantitative estimate of drug-likeness (QED) is 0.895. The zero-order valence-corrected chi connectivity index (χ0v) is 11.2. The number of phenols is 1. The third kappa shape index (κ3) is 2.67. The van der Waals surface area contributed by atoms with Crippen LogP contribution in [-0.4, -0.2) is 17.4 Å². The predicted molar refractivity (Wildman–Crippen MR) is 79.1 cm³/mol. The molecule has 2 aromatic rings. The highest BCUT2D eigenvalue weighted by Gasteiger charge is 2.23. The largest absolute Gasteiger partial charge is 0.508 e. The van der Waals surface area contributed by atoms with Crippen LogP contribution in [0.1, 0.15) is 23.5 Å². The highest BCUT2D eigenvalue weighted by molar-refractivity contribution is 5.82. The third-order valence-electron chi connectivity index (χ3n) is 3.75. The van der Waals surface area contributed by atoms with Crippen LogP contribution in [0.2, 0.25) is 0 Å². The van der Waals surface area contributed by atoms with Crippen molar-refractivity contribution in [3.8, 4) is 5.75 Å². The minimum Gasteiger partial charge on any atom is -0.508 e. The van der Waals surface area contributed by atoms with E-state index in [1.54, 1.807) is 24.3 Å². The maximum atomic E-state index is 12.2. The molecule has 2 N–H and O–H groups in total. The summed E-state index contributed by atoms with van der Waals surface area (Å²) in [6.45, 7) is 0.834. The summed E-state index contributed by atoms with van der Waals surface area (Å²) in [7, 11) is 0. The molecule has 1 unspecified atom stereocenters. The van der Waals surface area contributed by atoms with Crippen molar-refractivity contribution in [2.24, 2.45) is 0 Å². The summed E-state index contributed by atoms with van der Waals surface area (Å²) >= 11 is 0. The molecule has 0 fully saturated rings. The highest BCUT2D eigenvalue weighted by atomic mass is 16.3. The Balaban J connectivity index is 1.64. The second-order valence-electron chi connectivity index (χ2n) is 5.25. The summed E-state index contributed by atoms with van der Waals surface area (Å²) in [5.41, 5.74) is 3.34. The van der Waals surface area contributed by atoms with E-state index in [1.807, 2.05) is 12.1 Å². The number of phenolic OH excluding ortho intramolecular Hbond substituents is 1. The van der Waals surface area contributed by atoms with Crippen LogP contribution in [-0.2, 0) is 11.2 Å². The molecule has 1 atom stereocenters. The van der Waals surface area contributed by atoms with E-state index in [1.165, 1.54) is 5.56 Å². The van der Waals surface area contributed by atoms with Crippen molar-refractivity contribution in [3.05, 3.63) is 59.7 Å². The molecule has 0 bridgehead atoms. The number of nitrogens with one attached hydrogen (secondary N) is 1. The van der Waals surface area contributed by atoms with Crippen molar-refractivity contribution < 1.29 is 9.90 Å². The van der Waals surface area contributed by atoms with Gasteiger partial charge in [-0.2, -0.15) is 0 Å². The van der Waals surface area contributed by atoms with Gasteiger partial charge in [0.25, 0.3) is 0 Å².